The van der Waals surface area contributed by atoms with Gasteiger partial charge in [-0.2, -0.15) is 0 Å². The highest BCUT2D eigenvalue weighted by molar-refractivity contribution is 9.10. The number of hydrogen-bond acceptors (Lipinski definition) is 2. The summed E-state index contributed by atoms with van der Waals surface area (Å²) in [5.74, 6) is 1.72. The number of ether oxygens (including phenoxy) is 1. The third-order valence-corrected chi connectivity index (χ3v) is 4.89. The van der Waals surface area contributed by atoms with Crippen molar-refractivity contribution in [1.29, 1.82) is 0 Å². The quantitative estimate of drug-likeness (QED) is 0.794. The molecule has 0 amide bonds. The molecular formula is C17H26BrNO. The Bertz CT molecular complexity index is 421. The van der Waals surface area contributed by atoms with Crippen LogP contribution in [-0.2, 0) is 6.42 Å². The van der Waals surface area contributed by atoms with Gasteiger partial charge in [-0.1, -0.05) is 32.3 Å². The van der Waals surface area contributed by atoms with Crippen molar-refractivity contribution in [1.82, 2.24) is 5.32 Å². The second kappa shape index (κ2) is 8.04. The highest BCUT2D eigenvalue weighted by Gasteiger charge is 2.20. The average Bonchev–Trinajstić information content (AvgIpc) is 2.65. The Hall–Kier alpha value is -0.540. The predicted molar refractivity (Wildman–Crippen MR) is 88.4 cm³/mol. The maximum Gasteiger partial charge on any atom is 0.133 e. The summed E-state index contributed by atoms with van der Waals surface area (Å²) in [6.45, 7) is 3.30. The lowest BCUT2D eigenvalue weighted by molar-refractivity contribution is 0.388. The first-order valence-corrected chi connectivity index (χ1v) is 8.58. The summed E-state index contributed by atoms with van der Waals surface area (Å²) in [7, 11) is 1.71. The molecule has 2 atom stereocenters. The summed E-state index contributed by atoms with van der Waals surface area (Å²) < 4.78 is 6.37. The van der Waals surface area contributed by atoms with E-state index in [9.17, 15) is 0 Å². The van der Waals surface area contributed by atoms with Gasteiger partial charge in [0.1, 0.15) is 5.75 Å². The molecule has 0 radical (unpaired) electrons. The van der Waals surface area contributed by atoms with Crippen LogP contribution in [0.4, 0.5) is 0 Å². The van der Waals surface area contributed by atoms with Crippen molar-refractivity contribution in [3.05, 3.63) is 28.2 Å². The maximum absolute atomic E-state index is 5.30. The van der Waals surface area contributed by atoms with Crippen LogP contribution in [0, 0.1) is 5.92 Å². The van der Waals surface area contributed by atoms with E-state index in [-0.39, 0.29) is 0 Å². The van der Waals surface area contributed by atoms with E-state index >= 15 is 0 Å². The minimum absolute atomic E-state index is 0.717. The molecule has 1 aliphatic carbocycles. The average molecular weight is 340 g/mol. The molecule has 1 aromatic carbocycles. The normalized spacial score (nSPS) is 23.4. The van der Waals surface area contributed by atoms with Gasteiger partial charge < -0.3 is 10.1 Å². The first-order valence-electron chi connectivity index (χ1n) is 7.78. The Kier molecular flexibility index (Phi) is 6.37. The number of benzene rings is 1. The van der Waals surface area contributed by atoms with Gasteiger partial charge in [-0.05, 0) is 65.4 Å². The zero-order valence-corrected chi connectivity index (χ0v) is 14.2. The molecule has 3 heteroatoms. The Morgan fingerprint density at radius 2 is 2.10 bits per heavy atom. The zero-order valence-electron chi connectivity index (χ0n) is 12.6. The van der Waals surface area contributed by atoms with Crippen molar-refractivity contribution in [3.63, 3.8) is 0 Å². The van der Waals surface area contributed by atoms with Crippen LogP contribution in [0.2, 0.25) is 0 Å². The third-order valence-electron chi connectivity index (χ3n) is 4.27. The molecule has 1 fully saturated rings. The van der Waals surface area contributed by atoms with E-state index in [1.807, 2.05) is 0 Å². The van der Waals surface area contributed by atoms with Gasteiger partial charge in [0, 0.05) is 6.04 Å². The van der Waals surface area contributed by atoms with Gasteiger partial charge in [-0.15, -0.1) is 0 Å². The van der Waals surface area contributed by atoms with Crippen LogP contribution in [0.25, 0.3) is 0 Å². The molecular weight excluding hydrogens is 314 g/mol. The minimum atomic E-state index is 0.717. The zero-order chi connectivity index (χ0) is 14.4. The minimum Gasteiger partial charge on any atom is -0.496 e. The fraction of sp³-hybridized carbons (Fsp3) is 0.647. The fourth-order valence-electron chi connectivity index (χ4n) is 3.29. The molecule has 2 rings (SSSR count). The van der Waals surface area contributed by atoms with Gasteiger partial charge >= 0.3 is 0 Å². The van der Waals surface area contributed by atoms with E-state index in [4.69, 9.17) is 4.74 Å². The molecule has 112 valence electrons. The highest BCUT2D eigenvalue weighted by Crippen LogP contribution is 2.30. The predicted octanol–water partition coefficient (Wildman–Crippen LogP) is 4.56. The fourth-order valence-corrected chi connectivity index (χ4v) is 3.88. The summed E-state index contributed by atoms with van der Waals surface area (Å²) in [6.07, 6.45) is 7.97. The smallest absolute Gasteiger partial charge is 0.133 e. The van der Waals surface area contributed by atoms with Crippen LogP contribution >= 0.6 is 15.9 Å². The Morgan fingerprint density at radius 3 is 2.80 bits per heavy atom. The van der Waals surface area contributed by atoms with Crippen LogP contribution < -0.4 is 10.1 Å². The number of rotatable bonds is 5. The lowest BCUT2D eigenvalue weighted by Crippen LogP contribution is -2.30. The molecule has 0 aliphatic heterocycles. The van der Waals surface area contributed by atoms with Crippen LogP contribution in [0.3, 0.4) is 0 Å². The maximum atomic E-state index is 5.30. The molecule has 1 aliphatic rings. The van der Waals surface area contributed by atoms with Gasteiger partial charge in [0.2, 0.25) is 0 Å². The Morgan fingerprint density at radius 1 is 1.30 bits per heavy atom. The SMILES string of the molecule is CCNC1CCCCC(Cc2ccc(OC)c(Br)c2)C1. The van der Waals surface area contributed by atoms with Crippen LogP contribution in [-0.4, -0.2) is 19.7 Å². The van der Waals surface area contributed by atoms with Crippen molar-refractivity contribution >= 4 is 15.9 Å². The summed E-state index contributed by atoms with van der Waals surface area (Å²) in [4.78, 5) is 0. The van der Waals surface area contributed by atoms with Gasteiger partial charge in [0.15, 0.2) is 0 Å². The van der Waals surface area contributed by atoms with Gasteiger partial charge in [-0.25, -0.2) is 0 Å². The molecule has 0 spiro atoms. The van der Waals surface area contributed by atoms with Gasteiger partial charge in [0.25, 0.3) is 0 Å². The van der Waals surface area contributed by atoms with Crippen molar-refractivity contribution < 1.29 is 4.74 Å². The van der Waals surface area contributed by atoms with Crippen molar-refractivity contribution in [2.75, 3.05) is 13.7 Å². The third kappa shape index (κ3) is 4.49. The van der Waals surface area contributed by atoms with Crippen molar-refractivity contribution in [2.45, 2.75) is 51.5 Å². The van der Waals surface area contributed by atoms with Crippen molar-refractivity contribution in [3.8, 4) is 5.75 Å². The van der Waals surface area contributed by atoms with Gasteiger partial charge in [0.05, 0.1) is 11.6 Å². The van der Waals surface area contributed by atoms with E-state index in [1.54, 1.807) is 7.11 Å². The van der Waals surface area contributed by atoms with E-state index in [1.165, 1.54) is 44.1 Å². The molecule has 0 bridgehead atoms. The van der Waals surface area contributed by atoms with Crippen LogP contribution in [0.5, 0.6) is 5.75 Å². The molecule has 2 unspecified atom stereocenters. The number of methoxy groups -OCH3 is 1. The summed E-state index contributed by atoms with van der Waals surface area (Å²) in [6, 6.07) is 7.20. The lowest BCUT2D eigenvalue weighted by Gasteiger charge is -2.21. The van der Waals surface area contributed by atoms with E-state index in [2.05, 4.69) is 46.4 Å². The molecule has 0 heterocycles. The summed E-state index contributed by atoms with van der Waals surface area (Å²) in [5.41, 5.74) is 1.42. The van der Waals surface area contributed by atoms with Gasteiger partial charge in [-0.3, -0.25) is 0 Å². The molecule has 0 aromatic heterocycles. The van der Waals surface area contributed by atoms with E-state index in [0.29, 0.717) is 6.04 Å². The molecule has 0 saturated heterocycles. The second-order valence-electron chi connectivity index (χ2n) is 5.81. The Balaban J connectivity index is 1.98. The molecule has 1 N–H and O–H groups in total. The topological polar surface area (TPSA) is 21.3 Å². The van der Waals surface area contributed by atoms with E-state index < -0.39 is 0 Å². The molecule has 20 heavy (non-hydrogen) atoms. The summed E-state index contributed by atoms with van der Waals surface area (Å²) in [5, 5.41) is 3.64. The van der Waals surface area contributed by atoms with Crippen LogP contribution in [0.1, 0.15) is 44.6 Å². The van der Waals surface area contributed by atoms with Crippen LogP contribution in [0.15, 0.2) is 22.7 Å². The molecule has 2 nitrogen and oxygen atoms in total. The molecule has 1 saturated carbocycles. The van der Waals surface area contributed by atoms with Crippen molar-refractivity contribution in [2.24, 2.45) is 5.92 Å². The first kappa shape index (κ1) is 15.8. The molecule has 1 aromatic rings. The highest BCUT2D eigenvalue weighted by atomic mass is 79.9. The lowest BCUT2D eigenvalue weighted by atomic mass is 9.91. The van der Waals surface area contributed by atoms with E-state index in [0.717, 1.165) is 22.7 Å². The standard InChI is InChI=1S/C17H26BrNO/c1-3-19-15-7-5-4-6-13(11-15)10-14-8-9-17(20-2)16(18)12-14/h8-9,12-13,15,19H,3-7,10-11H2,1-2H3. The summed E-state index contributed by atoms with van der Waals surface area (Å²) >= 11 is 3.59. The number of hydrogen-bond donors (Lipinski definition) is 1. The first-order chi connectivity index (χ1) is 9.72. The second-order valence-corrected chi connectivity index (χ2v) is 6.67. The monoisotopic (exact) mass is 339 g/mol. The number of halogens is 1. The largest absolute Gasteiger partial charge is 0.496 e. The number of nitrogens with one attached hydrogen (secondary N) is 1. The Labute approximate surface area is 131 Å².